The molecule has 4 nitrogen and oxygen atoms in total. The highest BCUT2D eigenvalue weighted by Crippen LogP contribution is 2.19. The molecule has 0 aliphatic heterocycles. The largest absolute Gasteiger partial charge is 0.385 e. The Morgan fingerprint density at radius 2 is 2.12 bits per heavy atom. The number of hydrogen-bond acceptors (Lipinski definition) is 5. The fourth-order valence-corrected chi connectivity index (χ4v) is 2.19. The third kappa shape index (κ3) is 5.12. The fraction of sp³-hybridized carbons (Fsp3) is 0.600. The van der Waals surface area contributed by atoms with Crippen molar-refractivity contribution in [3.05, 3.63) is 17.0 Å². The summed E-state index contributed by atoms with van der Waals surface area (Å²) in [6.07, 6.45) is 0.988. The zero-order chi connectivity index (χ0) is 11.8. The summed E-state index contributed by atoms with van der Waals surface area (Å²) >= 11 is 7.52. The molecule has 90 valence electrons. The van der Waals surface area contributed by atoms with Crippen molar-refractivity contribution in [1.82, 2.24) is 9.97 Å². The van der Waals surface area contributed by atoms with E-state index in [2.05, 4.69) is 9.97 Å². The molecular formula is C10H15ClN2O2S. The Morgan fingerprint density at radius 3 is 2.81 bits per heavy atom. The van der Waals surface area contributed by atoms with Gasteiger partial charge in [0.25, 0.3) is 0 Å². The van der Waals surface area contributed by atoms with E-state index in [-0.39, 0.29) is 0 Å². The number of thioether (sulfide) groups is 1. The van der Waals surface area contributed by atoms with Crippen LogP contribution in [0, 0.1) is 0 Å². The summed E-state index contributed by atoms with van der Waals surface area (Å²) in [5.41, 5.74) is 0. The van der Waals surface area contributed by atoms with Crippen LogP contribution in [0.5, 0.6) is 0 Å². The number of rotatable bonds is 7. The Bertz CT molecular complexity index is 326. The lowest BCUT2D eigenvalue weighted by Gasteiger charge is -2.04. The van der Waals surface area contributed by atoms with Crippen LogP contribution in [0.15, 0.2) is 11.1 Å². The summed E-state index contributed by atoms with van der Waals surface area (Å²) in [5.74, 6) is 1.57. The van der Waals surface area contributed by atoms with Crippen molar-refractivity contribution >= 4 is 23.4 Å². The highest BCUT2D eigenvalue weighted by atomic mass is 35.5. The van der Waals surface area contributed by atoms with Crippen molar-refractivity contribution in [1.29, 1.82) is 0 Å². The molecule has 0 unspecified atom stereocenters. The third-order valence-corrected chi connectivity index (χ3v) is 2.93. The van der Waals surface area contributed by atoms with Crippen molar-refractivity contribution in [2.75, 3.05) is 26.6 Å². The lowest BCUT2D eigenvalue weighted by molar-refractivity contribution is 0.177. The van der Waals surface area contributed by atoms with Crippen molar-refractivity contribution in [2.45, 2.75) is 18.1 Å². The van der Waals surface area contributed by atoms with Crippen LogP contribution in [0.1, 0.15) is 12.2 Å². The molecule has 0 aliphatic carbocycles. The van der Waals surface area contributed by atoms with Gasteiger partial charge in [-0.15, -0.1) is 11.8 Å². The number of nitrogens with zero attached hydrogens (tertiary/aromatic N) is 2. The van der Waals surface area contributed by atoms with Crippen LogP contribution in [0.4, 0.5) is 0 Å². The lowest BCUT2D eigenvalue weighted by Crippen LogP contribution is -1.99. The van der Waals surface area contributed by atoms with Gasteiger partial charge in [-0.3, -0.25) is 0 Å². The van der Waals surface area contributed by atoms with Crippen LogP contribution in [-0.2, 0) is 16.1 Å². The summed E-state index contributed by atoms with van der Waals surface area (Å²) in [6.45, 7) is 1.14. The van der Waals surface area contributed by atoms with Gasteiger partial charge in [0, 0.05) is 32.6 Å². The van der Waals surface area contributed by atoms with Gasteiger partial charge in [-0.1, -0.05) is 11.6 Å². The van der Waals surface area contributed by atoms with Gasteiger partial charge < -0.3 is 9.47 Å². The van der Waals surface area contributed by atoms with E-state index in [1.807, 2.05) is 0 Å². The van der Waals surface area contributed by atoms with Crippen LogP contribution < -0.4 is 0 Å². The Kier molecular flexibility index (Phi) is 6.71. The van der Waals surface area contributed by atoms with E-state index in [0.717, 1.165) is 23.8 Å². The highest BCUT2D eigenvalue weighted by molar-refractivity contribution is 7.99. The van der Waals surface area contributed by atoms with Crippen molar-refractivity contribution in [2.24, 2.45) is 0 Å². The highest BCUT2D eigenvalue weighted by Gasteiger charge is 2.03. The Hall–Kier alpha value is -0.360. The van der Waals surface area contributed by atoms with E-state index < -0.39 is 0 Å². The molecule has 0 fully saturated rings. The molecule has 1 aromatic heterocycles. The van der Waals surface area contributed by atoms with Gasteiger partial charge in [-0.05, 0) is 6.42 Å². The maximum atomic E-state index is 5.88. The van der Waals surface area contributed by atoms with Crippen molar-refractivity contribution in [3.63, 3.8) is 0 Å². The Balaban J connectivity index is 2.51. The van der Waals surface area contributed by atoms with Gasteiger partial charge in [0.15, 0.2) is 5.82 Å². The average Bonchev–Trinajstić information content (AvgIpc) is 2.24. The average molecular weight is 263 g/mol. The van der Waals surface area contributed by atoms with Crippen LogP contribution >= 0.6 is 23.4 Å². The SMILES string of the molecule is COCCCSc1cc(Cl)nc(COC)n1. The molecule has 0 amide bonds. The smallest absolute Gasteiger partial charge is 0.156 e. The van der Waals surface area contributed by atoms with E-state index in [0.29, 0.717) is 17.6 Å². The summed E-state index contributed by atoms with van der Waals surface area (Å²) in [5, 5.41) is 1.33. The molecule has 0 saturated carbocycles. The van der Waals surface area contributed by atoms with Gasteiger partial charge in [-0.2, -0.15) is 0 Å². The van der Waals surface area contributed by atoms with Crippen LogP contribution in [0.3, 0.4) is 0 Å². The summed E-state index contributed by atoms with van der Waals surface area (Å²) in [4.78, 5) is 8.38. The zero-order valence-corrected chi connectivity index (χ0v) is 11.0. The molecule has 0 radical (unpaired) electrons. The molecular weight excluding hydrogens is 248 g/mol. The van der Waals surface area contributed by atoms with Gasteiger partial charge >= 0.3 is 0 Å². The maximum absolute atomic E-state index is 5.88. The van der Waals surface area contributed by atoms with Gasteiger partial charge in [0.1, 0.15) is 16.8 Å². The van der Waals surface area contributed by atoms with E-state index >= 15 is 0 Å². The normalized spacial score (nSPS) is 10.7. The van der Waals surface area contributed by atoms with E-state index in [4.69, 9.17) is 21.1 Å². The summed E-state index contributed by atoms with van der Waals surface area (Å²) < 4.78 is 9.94. The second kappa shape index (κ2) is 7.84. The predicted molar refractivity (Wildman–Crippen MR) is 65.0 cm³/mol. The molecule has 0 aliphatic rings. The number of aromatic nitrogens is 2. The number of ether oxygens (including phenoxy) is 2. The van der Waals surface area contributed by atoms with E-state index in [1.165, 1.54) is 0 Å². The molecule has 0 N–H and O–H groups in total. The van der Waals surface area contributed by atoms with Gasteiger partial charge in [0.05, 0.1) is 0 Å². The van der Waals surface area contributed by atoms with E-state index in [9.17, 15) is 0 Å². The number of halogens is 1. The lowest BCUT2D eigenvalue weighted by atomic mass is 10.5. The van der Waals surface area contributed by atoms with Crippen molar-refractivity contribution in [3.8, 4) is 0 Å². The first kappa shape index (κ1) is 13.7. The molecule has 6 heteroatoms. The topological polar surface area (TPSA) is 44.2 Å². The molecule has 0 saturated heterocycles. The number of methoxy groups -OCH3 is 2. The zero-order valence-electron chi connectivity index (χ0n) is 9.40. The Morgan fingerprint density at radius 1 is 1.31 bits per heavy atom. The minimum absolute atomic E-state index is 0.381. The molecule has 1 rings (SSSR count). The standard InChI is InChI=1S/C10H15ClN2O2S/c1-14-4-3-5-16-10-6-8(11)12-9(13-10)7-15-2/h6H,3-5,7H2,1-2H3. The molecule has 0 spiro atoms. The van der Waals surface area contributed by atoms with Gasteiger partial charge in [0.2, 0.25) is 0 Å². The minimum atomic E-state index is 0.381. The summed E-state index contributed by atoms with van der Waals surface area (Å²) in [7, 11) is 3.30. The second-order valence-electron chi connectivity index (χ2n) is 3.07. The van der Waals surface area contributed by atoms with Crippen LogP contribution in [0.25, 0.3) is 0 Å². The Labute approximate surface area is 105 Å². The number of hydrogen-bond donors (Lipinski definition) is 0. The first-order chi connectivity index (χ1) is 7.76. The molecule has 16 heavy (non-hydrogen) atoms. The molecule has 0 atom stereocenters. The summed E-state index contributed by atoms with van der Waals surface area (Å²) in [6, 6.07) is 1.76. The van der Waals surface area contributed by atoms with E-state index in [1.54, 1.807) is 32.0 Å². The van der Waals surface area contributed by atoms with Crippen molar-refractivity contribution < 1.29 is 9.47 Å². The second-order valence-corrected chi connectivity index (χ2v) is 4.58. The molecule has 1 heterocycles. The molecule has 0 bridgehead atoms. The molecule has 0 aromatic carbocycles. The first-order valence-electron chi connectivity index (χ1n) is 4.90. The fourth-order valence-electron chi connectivity index (χ4n) is 1.09. The first-order valence-corrected chi connectivity index (χ1v) is 6.26. The molecule has 1 aromatic rings. The maximum Gasteiger partial charge on any atom is 0.156 e. The third-order valence-electron chi connectivity index (χ3n) is 1.73. The monoisotopic (exact) mass is 262 g/mol. The van der Waals surface area contributed by atoms with Gasteiger partial charge in [-0.25, -0.2) is 9.97 Å². The predicted octanol–water partition coefficient (Wildman–Crippen LogP) is 2.41. The van der Waals surface area contributed by atoms with Crippen LogP contribution in [-0.4, -0.2) is 36.5 Å². The quantitative estimate of drug-likeness (QED) is 0.429. The van der Waals surface area contributed by atoms with Crippen LogP contribution in [0.2, 0.25) is 5.15 Å². The minimum Gasteiger partial charge on any atom is -0.385 e.